The molecule has 1 spiro atoms. The van der Waals surface area contributed by atoms with Crippen LogP contribution < -0.4 is 5.32 Å². The topological polar surface area (TPSA) is 50.8 Å². The number of amides is 1. The lowest BCUT2D eigenvalue weighted by atomic mass is 10.0. The van der Waals surface area contributed by atoms with E-state index in [0.29, 0.717) is 19.6 Å². The van der Waals surface area contributed by atoms with Crippen LogP contribution in [-0.2, 0) is 14.3 Å². The van der Waals surface area contributed by atoms with Gasteiger partial charge in [-0.25, -0.2) is 0 Å². The van der Waals surface area contributed by atoms with Crippen LogP contribution in [-0.4, -0.2) is 49.4 Å². The quantitative estimate of drug-likeness (QED) is 0.869. The average Bonchev–Trinajstić information content (AvgIpc) is 2.98. The second-order valence-corrected chi connectivity index (χ2v) is 7.09. The number of aryl methyl sites for hydroxylation is 1. The van der Waals surface area contributed by atoms with E-state index in [-0.39, 0.29) is 11.7 Å². The third kappa shape index (κ3) is 4.32. The van der Waals surface area contributed by atoms with Gasteiger partial charge < -0.3 is 19.7 Å². The maximum absolute atomic E-state index is 12.1. The Bertz CT molecular complexity index is 563. The summed E-state index contributed by atoms with van der Waals surface area (Å²) in [5.74, 6) is -0.297. The Balaban J connectivity index is 1.43. The van der Waals surface area contributed by atoms with Gasteiger partial charge in [-0.15, -0.1) is 0 Å². The number of rotatable bonds is 4. The van der Waals surface area contributed by atoms with Gasteiger partial charge in [0.25, 0.3) is 0 Å². The summed E-state index contributed by atoms with van der Waals surface area (Å²) in [7, 11) is 0. The van der Waals surface area contributed by atoms with Gasteiger partial charge in [-0.1, -0.05) is 6.07 Å². The molecule has 2 aliphatic rings. The highest BCUT2D eigenvalue weighted by Gasteiger charge is 2.39. The first kappa shape index (κ1) is 16.9. The van der Waals surface area contributed by atoms with Gasteiger partial charge in [0.2, 0.25) is 5.91 Å². The first-order chi connectivity index (χ1) is 11.1. The van der Waals surface area contributed by atoms with Crippen molar-refractivity contribution in [2.45, 2.75) is 32.0 Å². The second-order valence-electron chi connectivity index (χ2n) is 6.23. The van der Waals surface area contributed by atoms with Crippen LogP contribution in [0, 0.1) is 6.92 Å². The van der Waals surface area contributed by atoms with Crippen LogP contribution >= 0.6 is 15.9 Å². The molecule has 1 N–H and O–H groups in total. The van der Waals surface area contributed by atoms with Gasteiger partial charge >= 0.3 is 0 Å². The van der Waals surface area contributed by atoms with Gasteiger partial charge in [-0.3, -0.25) is 4.79 Å². The molecular formula is C17H23BrN2O3. The minimum Gasteiger partial charge on any atom is -0.347 e. The lowest BCUT2D eigenvalue weighted by Crippen LogP contribution is -2.45. The Morgan fingerprint density at radius 3 is 2.65 bits per heavy atom. The van der Waals surface area contributed by atoms with Crippen molar-refractivity contribution in [1.29, 1.82) is 0 Å². The van der Waals surface area contributed by atoms with Gasteiger partial charge in [0.1, 0.15) is 0 Å². The Kier molecular flexibility index (Phi) is 5.36. The van der Waals surface area contributed by atoms with Crippen LogP contribution in [0.2, 0.25) is 0 Å². The van der Waals surface area contributed by atoms with Crippen molar-refractivity contribution >= 4 is 27.5 Å². The Morgan fingerprint density at radius 1 is 1.30 bits per heavy atom. The molecule has 1 amide bonds. The molecule has 0 bridgehead atoms. The highest BCUT2D eigenvalue weighted by atomic mass is 79.9. The number of piperidine rings is 1. The number of nitrogens with zero attached hydrogens (tertiary/aromatic N) is 1. The number of halogens is 1. The first-order valence-corrected chi connectivity index (χ1v) is 8.92. The van der Waals surface area contributed by atoms with Gasteiger partial charge in [0.15, 0.2) is 5.79 Å². The lowest BCUT2D eigenvalue weighted by molar-refractivity contribution is -0.185. The van der Waals surface area contributed by atoms with Crippen molar-refractivity contribution in [1.82, 2.24) is 4.90 Å². The van der Waals surface area contributed by atoms with E-state index in [2.05, 4.69) is 26.1 Å². The number of carbonyl (C=O) groups is 1. The molecule has 126 valence electrons. The number of carbonyl (C=O) groups excluding carboxylic acids is 1. The van der Waals surface area contributed by atoms with Crippen molar-refractivity contribution in [2.24, 2.45) is 0 Å². The normalized spacial score (nSPS) is 20.8. The number of hydrogen-bond donors (Lipinski definition) is 1. The zero-order valence-electron chi connectivity index (χ0n) is 13.4. The highest BCUT2D eigenvalue weighted by Crippen LogP contribution is 2.31. The Hall–Kier alpha value is -0.950. The molecule has 1 aromatic carbocycles. The van der Waals surface area contributed by atoms with Crippen molar-refractivity contribution in [3.8, 4) is 0 Å². The highest BCUT2D eigenvalue weighted by molar-refractivity contribution is 9.10. The summed E-state index contributed by atoms with van der Waals surface area (Å²) >= 11 is 3.48. The number of ether oxygens (including phenoxy) is 2. The van der Waals surface area contributed by atoms with Crippen LogP contribution in [0.3, 0.4) is 0 Å². The molecule has 2 aliphatic heterocycles. The maximum atomic E-state index is 12.1. The van der Waals surface area contributed by atoms with E-state index in [0.717, 1.165) is 48.2 Å². The van der Waals surface area contributed by atoms with E-state index in [1.807, 2.05) is 25.1 Å². The number of nitrogens with one attached hydrogen (secondary N) is 1. The monoisotopic (exact) mass is 382 g/mol. The van der Waals surface area contributed by atoms with Gasteiger partial charge in [-0.2, -0.15) is 0 Å². The fraction of sp³-hybridized carbons (Fsp3) is 0.588. The molecule has 0 unspecified atom stereocenters. The van der Waals surface area contributed by atoms with Crippen LogP contribution in [0.15, 0.2) is 22.7 Å². The minimum atomic E-state index is -0.342. The molecule has 1 aromatic rings. The van der Waals surface area contributed by atoms with Gasteiger partial charge in [0, 0.05) is 43.4 Å². The molecule has 5 nitrogen and oxygen atoms in total. The molecule has 0 atom stereocenters. The van der Waals surface area contributed by atoms with E-state index in [1.54, 1.807) is 0 Å². The SMILES string of the molecule is Cc1ccc(NC(=O)CCN2CCC3(CC2)OCCO3)c(Br)c1. The van der Waals surface area contributed by atoms with Gasteiger partial charge in [0.05, 0.1) is 18.9 Å². The van der Waals surface area contributed by atoms with E-state index in [9.17, 15) is 4.79 Å². The van der Waals surface area contributed by atoms with Crippen molar-refractivity contribution in [3.63, 3.8) is 0 Å². The number of anilines is 1. The molecule has 2 fully saturated rings. The zero-order chi connectivity index (χ0) is 16.3. The predicted molar refractivity (Wildman–Crippen MR) is 92.4 cm³/mol. The molecule has 0 radical (unpaired) electrons. The molecular weight excluding hydrogens is 360 g/mol. The molecule has 2 saturated heterocycles. The smallest absolute Gasteiger partial charge is 0.225 e. The number of benzene rings is 1. The van der Waals surface area contributed by atoms with E-state index >= 15 is 0 Å². The van der Waals surface area contributed by atoms with Crippen LogP contribution in [0.1, 0.15) is 24.8 Å². The third-order valence-electron chi connectivity index (χ3n) is 4.49. The average molecular weight is 383 g/mol. The largest absolute Gasteiger partial charge is 0.347 e. The fourth-order valence-electron chi connectivity index (χ4n) is 3.10. The van der Waals surface area contributed by atoms with E-state index < -0.39 is 0 Å². The molecule has 2 heterocycles. The van der Waals surface area contributed by atoms with Crippen LogP contribution in [0.25, 0.3) is 0 Å². The summed E-state index contributed by atoms with van der Waals surface area (Å²) in [4.78, 5) is 14.4. The summed E-state index contributed by atoms with van der Waals surface area (Å²) in [6.45, 7) is 6.04. The fourth-order valence-corrected chi connectivity index (χ4v) is 3.69. The van der Waals surface area contributed by atoms with Crippen molar-refractivity contribution < 1.29 is 14.3 Å². The van der Waals surface area contributed by atoms with E-state index in [1.165, 1.54) is 0 Å². The Morgan fingerprint density at radius 2 is 2.00 bits per heavy atom. The summed E-state index contributed by atoms with van der Waals surface area (Å²) in [5, 5.41) is 2.96. The standard InChI is InChI=1S/C17H23BrN2O3/c1-13-2-3-15(14(18)12-13)19-16(21)4-7-20-8-5-17(6-9-20)22-10-11-23-17/h2-3,12H,4-11H2,1H3,(H,19,21). The molecule has 6 heteroatoms. The summed E-state index contributed by atoms with van der Waals surface area (Å²) in [6.07, 6.45) is 2.27. The molecule has 3 rings (SSSR count). The molecule has 0 aliphatic carbocycles. The zero-order valence-corrected chi connectivity index (χ0v) is 15.0. The number of likely N-dealkylation sites (tertiary alicyclic amines) is 1. The van der Waals surface area contributed by atoms with E-state index in [4.69, 9.17) is 9.47 Å². The lowest BCUT2D eigenvalue weighted by Gasteiger charge is -2.37. The predicted octanol–water partition coefficient (Wildman–Crippen LogP) is 2.93. The van der Waals surface area contributed by atoms with Crippen molar-refractivity contribution in [2.75, 3.05) is 38.2 Å². The van der Waals surface area contributed by atoms with Crippen LogP contribution in [0.4, 0.5) is 5.69 Å². The Labute approximate surface area is 145 Å². The third-order valence-corrected chi connectivity index (χ3v) is 5.14. The molecule has 0 aromatic heterocycles. The minimum absolute atomic E-state index is 0.0446. The van der Waals surface area contributed by atoms with Crippen molar-refractivity contribution in [3.05, 3.63) is 28.2 Å². The summed E-state index contributed by atoms with van der Waals surface area (Å²) in [5.41, 5.74) is 1.99. The molecule has 0 saturated carbocycles. The number of hydrogen-bond acceptors (Lipinski definition) is 4. The van der Waals surface area contributed by atoms with Gasteiger partial charge in [-0.05, 0) is 40.5 Å². The maximum Gasteiger partial charge on any atom is 0.225 e. The molecule has 23 heavy (non-hydrogen) atoms. The summed E-state index contributed by atoms with van der Waals surface area (Å²) in [6, 6.07) is 5.92. The first-order valence-electron chi connectivity index (χ1n) is 8.13. The summed E-state index contributed by atoms with van der Waals surface area (Å²) < 4.78 is 12.4. The second kappa shape index (κ2) is 7.30. The van der Waals surface area contributed by atoms with Crippen LogP contribution in [0.5, 0.6) is 0 Å².